The normalized spacial score (nSPS) is 11.0. The highest BCUT2D eigenvalue weighted by Gasteiger charge is 2.03. The van der Waals surface area contributed by atoms with Crippen molar-refractivity contribution in [2.45, 2.75) is 20.8 Å². The van der Waals surface area contributed by atoms with Crippen molar-refractivity contribution < 1.29 is 0 Å². The summed E-state index contributed by atoms with van der Waals surface area (Å²) in [6.45, 7) is 13.2. The van der Waals surface area contributed by atoms with Crippen LogP contribution < -0.4 is 10.2 Å². The van der Waals surface area contributed by atoms with Gasteiger partial charge in [0.1, 0.15) is 0 Å². The molecule has 0 aliphatic carbocycles. The minimum absolute atomic E-state index is 1.03. The zero-order chi connectivity index (χ0) is 14.1. The van der Waals surface area contributed by atoms with E-state index in [2.05, 4.69) is 67.2 Å². The topological polar surface area (TPSA) is 18.5 Å². The van der Waals surface area contributed by atoms with Crippen LogP contribution >= 0.6 is 0 Å². The van der Waals surface area contributed by atoms with Gasteiger partial charge in [-0.05, 0) is 31.6 Å². The first-order chi connectivity index (χ1) is 9.19. The Kier molecular flexibility index (Phi) is 7.53. The van der Waals surface area contributed by atoms with Crippen molar-refractivity contribution in [3.05, 3.63) is 29.8 Å². The SMILES string of the molecule is CCN(CC)CCNCCN(C)c1ccccc1C. The van der Waals surface area contributed by atoms with Crippen molar-refractivity contribution in [2.24, 2.45) is 0 Å². The molecule has 0 aliphatic heterocycles. The van der Waals surface area contributed by atoms with Crippen molar-refractivity contribution in [2.75, 3.05) is 51.2 Å². The second-order valence-corrected chi connectivity index (χ2v) is 4.98. The van der Waals surface area contributed by atoms with E-state index in [0.29, 0.717) is 0 Å². The molecule has 1 aromatic carbocycles. The third-order valence-electron chi connectivity index (χ3n) is 3.65. The van der Waals surface area contributed by atoms with Crippen LogP contribution in [0.25, 0.3) is 0 Å². The highest BCUT2D eigenvalue weighted by molar-refractivity contribution is 5.52. The Morgan fingerprint density at radius 2 is 1.63 bits per heavy atom. The van der Waals surface area contributed by atoms with Gasteiger partial charge in [-0.15, -0.1) is 0 Å². The van der Waals surface area contributed by atoms with E-state index < -0.39 is 0 Å². The van der Waals surface area contributed by atoms with Gasteiger partial charge in [-0.3, -0.25) is 0 Å². The van der Waals surface area contributed by atoms with E-state index >= 15 is 0 Å². The molecule has 3 nitrogen and oxygen atoms in total. The average molecular weight is 263 g/mol. The zero-order valence-electron chi connectivity index (χ0n) is 12.9. The molecule has 19 heavy (non-hydrogen) atoms. The number of para-hydroxylation sites is 1. The fraction of sp³-hybridized carbons (Fsp3) is 0.625. The molecule has 0 saturated carbocycles. The smallest absolute Gasteiger partial charge is 0.0393 e. The molecule has 0 bridgehead atoms. The summed E-state index contributed by atoms with van der Waals surface area (Å²) in [5, 5.41) is 3.52. The van der Waals surface area contributed by atoms with Crippen molar-refractivity contribution in [1.29, 1.82) is 0 Å². The summed E-state index contributed by atoms with van der Waals surface area (Å²) in [7, 11) is 2.16. The predicted octanol–water partition coefficient (Wildman–Crippen LogP) is 2.36. The molecule has 3 heteroatoms. The number of likely N-dealkylation sites (N-methyl/N-ethyl adjacent to an activating group) is 2. The Hall–Kier alpha value is -1.06. The average Bonchev–Trinajstić information content (AvgIpc) is 2.43. The first-order valence-corrected chi connectivity index (χ1v) is 7.38. The first kappa shape index (κ1) is 16.0. The van der Waals surface area contributed by atoms with Crippen LogP contribution in [0.5, 0.6) is 0 Å². The number of benzene rings is 1. The van der Waals surface area contributed by atoms with E-state index in [1.54, 1.807) is 0 Å². The Morgan fingerprint density at radius 3 is 2.26 bits per heavy atom. The van der Waals surface area contributed by atoms with Gasteiger partial charge in [0.15, 0.2) is 0 Å². The molecule has 0 spiro atoms. The molecule has 0 aliphatic rings. The number of hydrogen-bond donors (Lipinski definition) is 1. The molecule has 1 aromatic rings. The minimum Gasteiger partial charge on any atom is -0.373 e. The maximum Gasteiger partial charge on any atom is 0.0393 e. The van der Waals surface area contributed by atoms with Gasteiger partial charge in [0, 0.05) is 38.9 Å². The van der Waals surface area contributed by atoms with Crippen LogP contribution in [-0.4, -0.2) is 51.2 Å². The maximum absolute atomic E-state index is 3.52. The summed E-state index contributed by atoms with van der Waals surface area (Å²) in [4.78, 5) is 4.76. The third kappa shape index (κ3) is 5.62. The lowest BCUT2D eigenvalue weighted by atomic mass is 10.2. The molecule has 0 amide bonds. The molecule has 1 N–H and O–H groups in total. The predicted molar refractivity (Wildman–Crippen MR) is 85.1 cm³/mol. The molecule has 0 unspecified atom stereocenters. The van der Waals surface area contributed by atoms with Gasteiger partial charge >= 0.3 is 0 Å². The van der Waals surface area contributed by atoms with Crippen LogP contribution in [0, 0.1) is 6.92 Å². The second-order valence-electron chi connectivity index (χ2n) is 4.98. The largest absolute Gasteiger partial charge is 0.373 e. The number of hydrogen-bond acceptors (Lipinski definition) is 3. The summed E-state index contributed by atoms with van der Waals surface area (Å²) >= 11 is 0. The highest BCUT2D eigenvalue weighted by atomic mass is 15.1. The number of aryl methyl sites for hydroxylation is 1. The van der Waals surface area contributed by atoms with E-state index in [1.165, 1.54) is 11.3 Å². The van der Waals surface area contributed by atoms with Crippen molar-refractivity contribution in [3.63, 3.8) is 0 Å². The van der Waals surface area contributed by atoms with Gasteiger partial charge < -0.3 is 15.1 Å². The van der Waals surface area contributed by atoms with Crippen LogP contribution in [0.4, 0.5) is 5.69 Å². The van der Waals surface area contributed by atoms with Crippen molar-refractivity contribution in [1.82, 2.24) is 10.2 Å². The Bertz CT molecular complexity index is 348. The Morgan fingerprint density at radius 1 is 1.00 bits per heavy atom. The van der Waals surface area contributed by atoms with Gasteiger partial charge in [-0.1, -0.05) is 32.0 Å². The quantitative estimate of drug-likeness (QED) is 0.690. The summed E-state index contributed by atoms with van der Waals surface area (Å²) in [5.41, 5.74) is 2.67. The van der Waals surface area contributed by atoms with Crippen molar-refractivity contribution in [3.8, 4) is 0 Å². The van der Waals surface area contributed by atoms with Crippen LogP contribution in [0.1, 0.15) is 19.4 Å². The Balaban J connectivity index is 2.21. The molecular weight excluding hydrogens is 234 g/mol. The third-order valence-corrected chi connectivity index (χ3v) is 3.65. The monoisotopic (exact) mass is 263 g/mol. The lowest BCUT2D eigenvalue weighted by Crippen LogP contribution is -2.35. The van der Waals surface area contributed by atoms with Gasteiger partial charge in [0.2, 0.25) is 0 Å². The zero-order valence-corrected chi connectivity index (χ0v) is 12.9. The number of rotatable bonds is 9. The van der Waals surface area contributed by atoms with E-state index in [0.717, 1.165) is 39.3 Å². The summed E-state index contributed by atoms with van der Waals surface area (Å²) in [6, 6.07) is 8.55. The Labute approximate surface area is 118 Å². The molecule has 1 rings (SSSR count). The molecule has 0 aromatic heterocycles. The van der Waals surface area contributed by atoms with Gasteiger partial charge in [0.25, 0.3) is 0 Å². The molecule has 0 saturated heterocycles. The summed E-state index contributed by atoms with van der Waals surface area (Å²) in [6.07, 6.45) is 0. The molecule has 108 valence electrons. The highest BCUT2D eigenvalue weighted by Crippen LogP contribution is 2.16. The number of nitrogens with one attached hydrogen (secondary N) is 1. The van der Waals surface area contributed by atoms with E-state index in [4.69, 9.17) is 0 Å². The minimum atomic E-state index is 1.03. The van der Waals surface area contributed by atoms with Gasteiger partial charge in [0.05, 0.1) is 0 Å². The standard InChI is InChI=1S/C16H29N3/c1-5-19(6-2)14-12-17-11-13-18(4)16-10-8-7-9-15(16)3/h7-10,17H,5-6,11-14H2,1-4H3. The fourth-order valence-corrected chi connectivity index (χ4v) is 2.26. The van der Waals surface area contributed by atoms with Crippen LogP contribution in [-0.2, 0) is 0 Å². The van der Waals surface area contributed by atoms with E-state index in [1.807, 2.05) is 0 Å². The summed E-state index contributed by atoms with van der Waals surface area (Å²) < 4.78 is 0. The van der Waals surface area contributed by atoms with E-state index in [9.17, 15) is 0 Å². The second kappa shape index (κ2) is 8.94. The lowest BCUT2D eigenvalue weighted by Gasteiger charge is -2.22. The molecular formula is C16H29N3. The van der Waals surface area contributed by atoms with Crippen LogP contribution in [0.3, 0.4) is 0 Å². The molecule has 0 atom stereocenters. The summed E-state index contributed by atoms with van der Waals surface area (Å²) in [5.74, 6) is 0. The molecule has 0 heterocycles. The molecule has 0 radical (unpaired) electrons. The maximum atomic E-state index is 3.52. The molecule has 0 fully saturated rings. The van der Waals surface area contributed by atoms with Crippen LogP contribution in [0.15, 0.2) is 24.3 Å². The van der Waals surface area contributed by atoms with Crippen molar-refractivity contribution >= 4 is 5.69 Å². The van der Waals surface area contributed by atoms with Gasteiger partial charge in [-0.25, -0.2) is 0 Å². The van der Waals surface area contributed by atoms with Crippen LogP contribution in [0.2, 0.25) is 0 Å². The number of nitrogens with zero attached hydrogens (tertiary/aromatic N) is 2. The van der Waals surface area contributed by atoms with E-state index in [-0.39, 0.29) is 0 Å². The van der Waals surface area contributed by atoms with Gasteiger partial charge in [-0.2, -0.15) is 0 Å². The number of anilines is 1. The fourth-order valence-electron chi connectivity index (χ4n) is 2.26. The lowest BCUT2D eigenvalue weighted by molar-refractivity contribution is 0.303. The first-order valence-electron chi connectivity index (χ1n) is 7.38.